The van der Waals surface area contributed by atoms with Crippen molar-refractivity contribution in [1.82, 2.24) is 9.80 Å². The molecule has 3 aliphatic rings. The Hall–Kier alpha value is -3.30. The number of nitrogens with zero attached hydrogens (tertiary/aromatic N) is 2. The highest BCUT2D eigenvalue weighted by Crippen LogP contribution is 2.51. The molecule has 0 N–H and O–H groups in total. The van der Waals surface area contributed by atoms with Crippen molar-refractivity contribution in [3.05, 3.63) is 76.5 Å². The zero-order valence-corrected chi connectivity index (χ0v) is 20.6. The molecule has 2 aromatic rings. The first kappa shape index (κ1) is 26.3. The lowest BCUT2D eigenvalue weighted by molar-refractivity contribution is -0.143. The molecule has 1 spiro atoms. The standard InChI is InChI=1S/C28H26F6N2O2/c1-17-4-2-3-5-22(17)23-16-36(15-18-6-7-18)25(38)26(23)8-10-35(11-9-26)24(37)19-12-20(27(29,30)31)14-21(13-19)28(32,33)34/h2-5,12-14,16,18H,6-11,15H2,1H3. The van der Waals surface area contributed by atoms with Gasteiger partial charge in [-0.1, -0.05) is 24.3 Å². The second-order valence-electron chi connectivity index (χ2n) is 10.4. The number of carbonyl (C=O) groups excluding carboxylic acids is 2. The fourth-order valence-corrected chi connectivity index (χ4v) is 5.48. The Morgan fingerprint density at radius 2 is 1.53 bits per heavy atom. The van der Waals surface area contributed by atoms with Gasteiger partial charge in [0.1, 0.15) is 0 Å². The van der Waals surface area contributed by atoms with Crippen LogP contribution < -0.4 is 0 Å². The van der Waals surface area contributed by atoms with Gasteiger partial charge in [0, 0.05) is 31.4 Å². The lowest BCUT2D eigenvalue weighted by atomic mass is 9.70. The van der Waals surface area contributed by atoms with Gasteiger partial charge in [0.15, 0.2) is 0 Å². The van der Waals surface area contributed by atoms with E-state index in [1.54, 1.807) is 4.90 Å². The third-order valence-corrected chi connectivity index (χ3v) is 7.80. The van der Waals surface area contributed by atoms with E-state index in [-0.39, 0.29) is 37.9 Å². The minimum Gasteiger partial charge on any atom is -0.339 e. The van der Waals surface area contributed by atoms with E-state index in [1.807, 2.05) is 37.4 Å². The summed E-state index contributed by atoms with van der Waals surface area (Å²) in [6, 6.07) is 8.59. The van der Waals surface area contributed by atoms with Gasteiger partial charge in [0.2, 0.25) is 5.91 Å². The van der Waals surface area contributed by atoms with Crippen LogP contribution in [0.15, 0.2) is 48.7 Å². The van der Waals surface area contributed by atoms with Crippen LogP contribution >= 0.6 is 0 Å². The average Bonchev–Trinajstić information content (AvgIpc) is 3.65. The maximum atomic E-state index is 13.7. The molecular weight excluding hydrogens is 510 g/mol. The van der Waals surface area contributed by atoms with Gasteiger partial charge in [-0.3, -0.25) is 9.59 Å². The van der Waals surface area contributed by atoms with Gasteiger partial charge < -0.3 is 9.80 Å². The second-order valence-corrected chi connectivity index (χ2v) is 10.4. The molecule has 5 rings (SSSR count). The summed E-state index contributed by atoms with van der Waals surface area (Å²) in [5, 5.41) is 0. The fourth-order valence-electron chi connectivity index (χ4n) is 5.48. The molecule has 10 heteroatoms. The van der Waals surface area contributed by atoms with Crippen molar-refractivity contribution in [1.29, 1.82) is 0 Å². The summed E-state index contributed by atoms with van der Waals surface area (Å²) in [7, 11) is 0. The molecule has 0 atom stereocenters. The average molecular weight is 537 g/mol. The summed E-state index contributed by atoms with van der Waals surface area (Å²) in [4.78, 5) is 29.9. The second kappa shape index (κ2) is 9.17. The molecule has 2 aromatic carbocycles. The molecule has 0 bridgehead atoms. The quantitative estimate of drug-likeness (QED) is 0.416. The molecular formula is C28H26F6N2O2. The molecule has 4 nitrogen and oxygen atoms in total. The molecule has 2 aliphatic heterocycles. The smallest absolute Gasteiger partial charge is 0.339 e. The molecule has 1 aliphatic carbocycles. The van der Waals surface area contributed by atoms with Crippen LogP contribution in [-0.4, -0.2) is 41.2 Å². The normalized spacial score (nSPS) is 19.8. The minimum absolute atomic E-state index is 0.00684. The van der Waals surface area contributed by atoms with Crippen molar-refractivity contribution < 1.29 is 35.9 Å². The molecule has 0 radical (unpaired) electrons. The number of piperidine rings is 1. The molecule has 0 unspecified atom stereocenters. The van der Waals surface area contributed by atoms with Crippen LogP contribution in [0.1, 0.15) is 58.3 Å². The zero-order chi connectivity index (χ0) is 27.5. The first-order valence-corrected chi connectivity index (χ1v) is 12.5. The molecule has 1 saturated carbocycles. The van der Waals surface area contributed by atoms with E-state index in [9.17, 15) is 35.9 Å². The van der Waals surface area contributed by atoms with Crippen molar-refractivity contribution >= 4 is 17.4 Å². The van der Waals surface area contributed by atoms with E-state index in [4.69, 9.17) is 0 Å². The number of halogens is 6. The topological polar surface area (TPSA) is 40.6 Å². The van der Waals surface area contributed by atoms with Gasteiger partial charge in [0.05, 0.1) is 16.5 Å². The van der Waals surface area contributed by atoms with E-state index < -0.39 is 40.4 Å². The lowest BCUT2D eigenvalue weighted by Gasteiger charge is -2.40. The van der Waals surface area contributed by atoms with E-state index in [0.29, 0.717) is 24.6 Å². The molecule has 1 saturated heterocycles. The van der Waals surface area contributed by atoms with Crippen LogP contribution in [0, 0.1) is 18.3 Å². The first-order valence-electron chi connectivity index (χ1n) is 12.5. The van der Waals surface area contributed by atoms with Crippen molar-refractivity contribution in [2.75, 3.05) is 19.6 Å². The zero-order valence-electron chi connectivity index (χ0n) is 20.6. The number of aryl methyl sites for hydroxylation is 1. The summed E-state index contributed by atoms with van der Waals surface area (Å²) in [6.45, 7) is 2.62. The van der Waals surface area contributed by atoms with Crippen molar-refractivity contribution in [3.8, 4) is 0 Å². The Kier molecular flexibility index (Phi) is 6.35. The van der Waals surface area contributed by atoms with Crippen molar-refractivity contribution in [2.24, 2.45) is 11.3 Å². The molecule has 2 amide bonds. The number of likely N-dealkylation sites (tertiary alicyclic amines) is 1. The highest BCUT2D eigenvalue weighted by Gasteiger charge is 2.52. The maximum Gasteiger partial charge on any atom is 0.416 e. The van der Waals surface area contributed by atoms with Gasteiger partial charge >= 0.3 is 12.4 Å². The van der Waals surface area contributed by atoms with Gasteiger partial charge in [-0.2, -0.15) is 26.3 Å². The van der Waals surface area contributed by atoms with Crippen LogP contribution in [-0.2, 0) is 17.1 Å². The van der Waals surface area contributed by atoms with Crippen LogP contribution in [0.25, 0.3) is 5.57 Å². The number of carbonyl (C=O) groups is 2. The predicted molar refractivity (Wildman–Crippen MR) is 128 cm³/mol. The van der Waals surface area contributed by atoms with Crippen LogP contribution in [0.5, 0.6) is 0 Å². The van der Waals surface area contributed by atoms with Crippen LogP contribution in [0.3, 0.4) is 0 Å². The van der Waals surface area contributed by atoms with Crippen LogP contribution in [0.4, 0.5) is 26.3 Å². The number of hydrogen-bond donors (Lipinski definition) is 0. The minimum atomic E-state index is -5.04. The lowest BCUT2D eigenvalue weighted by Crippen LogP contribution is -2.48. The van der Waals surface area contributed by atoms with Crippen LogP contribution in [0.2, 0.25) is 0 Å². The van der Waals surface area contributed by atoms with Gasteiger partial charge in [0.25, 0.3) is 5.91 Å². The van der Waals surface area contributed by atoms with E-state index in [1.165, 1.54) is 4.90 Å². The van der Waals surface area contributed by atoms with Crippen molar-refractivity contribution in [2.45, 2.75) is 45.0 Å². The Labute approximate surface area is 215 Å². The molecule has 2 heterocycles. The largest absolute Gasteiger partial charge is 0.416 e. The number of amides is 2. The van der Waals surface area contributed by atoms with Gasteiger partial charge in [-0.15, -0.1) is 0 Å². The predicted octanol–water partition coefficient (Wildman–Crippen LogP) is 6.55. The van der Waals surface area contributed by atoms with Gasteiger partial charge in [-0.05, 0) is 73.4 Å². The fraction of sp³-hybridized carbons (Fsp3) is 0.429. The van der Waals surface area contributed by atoms with Gasteiger partial charge in [-0.25, -0.2) is 0 Å². The molecule has 0 aromatic heterocycles. The number of rotatable bonds is 4. The van der Waals surface area contributed by atoms with E-state index >= 15 is 0 Å². The Morgan fingerprint density at radius 1 is 0.947 bits per heavy atom. The SMILES string of the molecule is Cc1ccccc1C1=CN(CC2CC2)C(=O)C12CCN(C(=O)c1cc(C(F)(F)F)cc(C(F)(F)F)c1)CC2. The molecule has 202 valence electrons. The molecule has 2 fully saturated rings. The maximum absolute atomic E-state index is 13.7. The summed E-state index contributed by atoms with van der Waals surface area (Å²) in [5.74, 6) is -0.528. The van der Waals surface area contributed by atoms with E-state index in [0.717, 1.165) is 29.5 Å². The van der Waals surface area contributed by atoms with Crippen molar-refractivity contribution in [3.63, 3.8) is 0 Å². The Bertz CT molecular complexity index is 1270. The summed E-state index contributed by atoms with van der Waals surface area (Å²) in [6.07, 6.45) is -5.63. The third-order valence-electron chi connectivity index (χ3n) is 7.80. The molecule has 38 heavy (non-hydrogen) atoms. The Balaban J connectivity index is 1.43. The monoisotopic (exact) mass is 536 g/mol. The Morgan fingerprint density at radius 3 is 2.05 bits per heavy atom. The first-order chi connectivity index (χ1) is 17.8. The highest BCUT2D eigenvalue weighted by molar-refractivity contribution is 6.03. The summed E-state index contributed by atoms with van der Waals surface area (Å²) < 4.78 is 79.9. The number of hydrogen-bond acceptors (Lipinski definition) is 2. The number of benzene rings is 2. The van der Waals surface area contributed by atoms with E-state index in [2.05, 4.69) is 0 Å². The third kappa shape index (κ3) is 4.80. The summed E-state index contributed by atoms with van der Waals surface area (Å²) in [5.41, 5.74) is -1.88. The highest BCUT2D eigenvalue weighted by atomic mass is 19.4. The number of alkyl halides is 6. The summed E-state index contributed by atoms with van der Waals surface area (Å²) >= 11 is 0.